The van der Waals surface area contributed by atoms with Crippen molar-refractivity contribution in [2.45, 2.75) is 6.04 Å². The van der Waals surface area contributed by atoms with E-state index in [1.807, 2.05) is 12.1 Å². The molecule has 0 amide bonds. The molecule has 21 heavy (non-hydrogen) atoms. The molecule has 0 radical (unpaired) electrons. The number of rotatable bonds is 3. The molecule has 3 rings (SSSR count). The molecule has 1 saturated heterocycles. The Morgan fingerprint density at radius 1 is 1.24 bits per heavy atom. The second-order valence-corrected chi connectivity index (χ2v) is 6.52. The standard InChI is InChI=1S/C15H16BrFN2S.ClH/c16-13-3-1-2-12(14(13)17)15(11-4-9-20-10-11)19-7-5-18-6-8-19;/h1-4,9-10,15,18H,5-8H2;1H/t15-;/m0./s1. The summed E-state index contributed by atoms with van der Waals surface area (Å²) in [5, 5.41) is 7.52. The highest BCUT2D eigenvalue weighted by Crippen LogP contribution is 2.34. The van der Waals surface area contributed by atoms with Crippen LogP contribution in [0.25, 0.3) is 0 Å². The fraction of sp³-hybridized carbons (Fsp3) is 0.333. The molecule has 2 aromatic rings. The molecule has 114 valence electrons. The number of halogens is 3. The van der Waals surface area contributed by atoms with E-state index in [4.69, 9.17) is 0 Å². The molecular weight excluding hydrogens is 375 g/mol. The van der Waals surface area contributed by atoms with Gasteiger partial charge in [0.25, 0.3) is 0 Å². The van der Waals surface area contributed by atoms with Gasteiger partial charge in [0.1, 0.15) is 5.82 Å². The van der Waals surface area contributed by atoms with Crippen LogP contribution in [-0.4, -0.2) is 31.1 Å². The van der Waals surface area contributed by atoms with Crippen molar-refractivity contribution >= 4 is 39.7 Å². The first kappa shape index (κ1) is 16.9. The molecule has 2 nitrogen and oxygen atoms in total. The van der Waals surface area contributed by atoms with Crippen LogP contribution in [0, 0.1) is 5.82 Å². The summed E-state index contributed by atoms with van der Waals surface area (Å²) in [6.45, 7) is 3.78. The Hall–Kier alpha value is -0.460. The minimum Gasteiger partial charge on any atom is -0.314 e. The number of nitrogens with one attached hydrogen (secondary N) is 1. The van der Waals surface area contributed by atoms with Crippen molar-refractivity contribution in [1.29, 1.82) is 0 Å². The van der Waals surface area contributed by atoms with Gasteiger partial charge in [-0.15, -0.1) is 12.4 Å². The maximum atomic E-state index is 14.5. The maximum Gasteiger partial charge on any atom is 0.142 e. The van der Waals surface area contributed by atoms with Gasteiger partial charge in [0.15, 0.2) is 0 Å². The highest BCUT2D eigenvalue weighted by molar-refractivity contribution is 9.10. The first-order chi connectivity index (χ1) is 9.77. The largest absolute Gasteiger partial charge is 0.314 e. The Kier molecular flexibility index (Phi) is 6.20. The highest BCUT2D eigenvalue weighted by Gasteiger charge is 2.27. The number of piperazine rings is 1. The lowest BCUT2D eigenvalue weighted by atomic mass is 9.98. The van der Waals surface area contributed by atoms with Crippen LogP contribution in [0.4, 0.5) is 4.39 Å². The number of thiophene rings is 1. The predicted octanol–water partition coefficient (Wildman–Crippen LogP) is 4.07. The van der Waals surface area contributed by atoms with Gasteiger partial charge in [-0.2, -0.15) is 11.3 Å². The molecule has 1 fully saturated rings. The molecule has 1 aromatic heterocycles. The van der Waals surface area contributed by atoms with Gasteiger partial charge in [-0.25, -0.2) is 4.39 Å². The van der Waals surface area contributed by atoms with Crippen molar-refractivity contribution in [2.75, 3.05) is 26.2 Å². The first-order valence-electron chi connectivity index (χ1n) is 6.68. The fourth-order valence-corrected chi connectivity index (χ4v) is 3.75. The Labute approximate surface area is 142 Å². The minimum atomic E-state index is -0.151. The van der Waals surface area contributed by atoms with Crippen molar-refractivity contribution in [3.8, 4) is 0 Å². The monoisotopic (exact) mass is 390 g/mol. The Morgan fingerprint density at radius 3 is 2.67 bits per heavy atom. The van der Waals surface area contributed by atoms with E-state index in [9.17, 15) is 4.39 Å². The van der Waals surface area contributed by atoms with E-state index in [2.05, 4.69) is 43.0 Å². The van der Waals surface area contributed by atoms with Gasteiger partial charge in [-0.1, -0.05) is 12.1 Å². The summed E-state index contributed by atoms with van der Waals surface area (Å²) in [7, 11) is 0. The van der Waals surface area contributed by atoms with Gasteiger partial charge in [-0.05, 0) is 44.4 Å². The zero-order valence-corrected chi connectivity index (χ0v) is 14.6. The number of hydrogen-bond donors (Lipinski definition) is 1. The van der Waals surface area contributed by atoms with E-state index in [1.165, 1.54) is 5.56 Å². The van der Waals surface area contributed by atoms with Crippen molar-refractivity contribution < 1.29 is 4.39 Å². The van der Waals surface area contributed by atoms with Crippen LogP contribution in [0.2, 0.25) is 0 Å². The normalized spacial score (nSPS) is 17.2. The number of hydrogen-bond acceptors (Lipinski definition) is 3. The maximum absolute atomic E-state index is 14.5. The predicted molar refractivity (Wildman–Crippen MR) is 92.0 cm³/mol. The Bertz CT molecular complexity index is 573. The van der Waals surface area contributed by atoms with Crippen molar-refractivity contribution in [2.24, 2.45) is 0 Å². The molecule has 1 aliphatic rings. The van der Waals surface area contributed by atoms with E-state index in [1.54, 1.807) is 17.4 Å². The summed E-state index contributed by atoms with van der Waals surface area (Å²) in [5.41, 5.74) is 1.92. The SMILES string of the molecule is Cl.Fc1c(Br)cccc1[C@H](c1ccsc1)N1CCNCC1. The summed E-state index contributed by atoms with van der Waals surface area (Å²) < 4.78 is 15.0. The van der Waals surface area contributed by atoms with Crippen LogP contribution in [0.15, 0.2) is 39.5 Å². The van der Waals surface area contributed by atoms with Crippen molar-refractivity contribution in [3.63, 3.8) is 0 Å². The third-order valence-corrected chi connectivity index (χ3v) is 4.97. The fourth-order valence-electron chi connectivity index (χ4n) is 2.69. The second-order valence-electron chi connectivity index (χ2n) is 4.89. The number of nitrogens with zero attached hydrogens (tertiary/aromatic N) is 1. The molecule has 0 unspecified atom stereocenters. The van der Waals surface area contributed by atoms with E-state index in [0.717, 1.165) is 31.7 Å². The second kappa shape index (κ2) is 7.70. The van der Waals surface area contributed by atoms with Crippen molar-refractivity contribution in [1.82, 2.24) is 10.2 Å². The van der Waals surface area contributed by atoms with E-state index in [-0.39, 0.29) is 24.3 Å². The molecule has 1 N–H and O–H groups in total. The quantitative estimate of drug-likeness (QED) is 0.848. The average molecular weight is 392 g/mol. The topological polar surface area (TPSA) is 15.3 Å². The van der Waals surface area contributed by atoms with Crippen LogP contribution in [-0.2, 0) is 0 Å². The molecule has 1 atom stereocenters. The van der Waals surface area contributed by atoms with Gasteiger partial charge < -0.3 is 5.32 Å². The third-order valence-electron chi connectivity index (χ3n) is 3.65. The van der Waals surface area contributed by atoms with Gasteiger partial charge in [0.05, 0.1) is 10.5 Å². The summed E-state index contributed by atoms with van der Waals surface area (Å²) in [4.78, 5) is 2.35. The van der Waals surface area contributed by atoms with E-state index in [0.29, 0.717) is 4.47 Å². The third kappa shape index (κ3) is 3.66. The van der Waals surface area contributed by atoms with Gasteiger partial charge in [0.2, 0.25) is 0 Å². The molecule has 0 aliphatic carbocycles. The van der Waals surface area contributed by atoms with Crippen LogP contribution >= 0.6 is 39.7 Å². The van der Waals surface area contributed by atoms with Gasteiger partial charge in [0, 0.05) is 31.7 Å². The number of benzene rings is 1. The molecule has 1 aliphatic heterocycles. The van der Waals surface area contributed by atoms with E-state index < -0.39 is 0 Å². The zero-order valence-electron chi connectivity index (χ0n) is 11.4. The minimum absolute atomic E-state index is 0. The van der Waals surface area contributed by atoms with E-state index >= 15 is 0 Å². The summed E-state index contributed by atoms with van der Waals surface area (Å²) in [6, 6.07) is 7.65. The van der Waals surface area contributed by atoms with Crippen LogP contribution in [0.3, 0.4) is 0 Å². The van der Waals surface area contributed by atoms with Gasteiger partial charge >= 0.3 is 0 Å². The first-order valence-corrected chi connectivity index (χ1v) is 8.41. The molecule has 6 heteroatoms. The molecule has 1 aromatic carbocycles. The van der Waals surface area contributed by atoms with Gasteiger partial charge in [-0.3, -0.25) is 4.90 Å². The summed E-state index contributed by atoms with van der Waals surface area (Å²) in [5.74, 6) is -0.151. The lowest BCUT2D eigenvalue weighted by Gasteiger charge is -2.35. The Morgan fingerprint density at radius 2 is 2.00 bits per heavy atom. The molecule has 2 heterocycles. The molecule has 0 saturated carbocycles. The zero-order chi connectivity index (χ0) is 13.9. The van der Waals surface area contributed by atoms with Crippen LogP contribution in [0.5, 0.6) is 0 Å². The van der Waals surface area contributed by atoms with Crippen LogP contribution in [0.1, 0.15) is 17.2 Å². The van der Waals surface area contributed by atoms with Crippen molar-refractivity contribution in [3.05, 3.63) is 56.4 Å². The lowest BCUT2D eigenvalue weighted by molar-refractivity contribution is 0.195. The smallest absolute Gasteiger partial charge is 0.142 e. The van der Waals surface area contributed by atoms with Crippen LogP contribution < -0.4 is 5.32 Å². The summed E-state index contributed by atoms with van der Waals surface area (Å²) >= 11 is 4.96. The molecule has 0 bridgehead atoms. The highest BCUT2D eigenvalue weighted by atomic mass is 79.9. The summed E-state index contributed by atoms with van der Waals surface area (Å²) in [6.07, 6.45) is 0. The molecule has 0 spiro atoms. The lowest BCUT2D eigenvalue weighted by Crippen LogP contribution is -2.45. The molecular formula is C15H17BrClFN2S. The average Bonchev–Trinajstić information content (AvgIpc) is 2.99. The Balaban J connectivity index is 0.00000161.